The third-order valence-electron chi connectivity index (χ3n) is 4.14. The van der Waals surface area contributed by atoms with Crippen LogP contribution in [0, 0.1) is 6.92 Å². The van der Waals surface area contributed by atoms with Gasteiger partial charge < -0.3 is 14.8 Å². The van der Waals surface area contributed by atoms with E-state index in [1.165, 1.54) is 0 Å². The maximum atomic E-state index is 12.7. The molecule has 0 aliphatic heterocycles. The number of pyridine rings is 1. The van der Waals surface area contributed by atoms with Crippen molar-refractivity contribution >= 4 is 11.6 Å². The van der Waals surface area contributed by atoms with E-state index in [0.717, 1.165) is 17.0 Å². The maximum absolute atomic E-state index is 12.7. The number of amides is 1. The van der Waals surface area contributed by atoms with E-state index < -0.39 is 0 Å². The van der Waals surface area contributed by atoms with Crippen molar-refractivity contribution in [3.8, 4) is 5.75 Å². The van der Waals surface area contributed by atoms with Gasteiger partial charge in [-0.2, -0.15) is 0 Å². The molecule has 3 rings (SSSR count). The number of hydrogen-bond donors (Lipinski definition) is 1. The number of hydrogen-bond acceptors (Lipinski definition) is 4. The molecule has 1 atom stereocenters. The number of aryl methyl sites for hydroxylation is 1. The third kappa shape index (κ3) is 3.34. The Kier molecular flexibility index (Phi) is 5.00. The van der Waals surface area contributed by atoms with Crippen LogP contribution < -0.4 is 10.1 Å². The molecular formula is C19H21N3O3. The first-order valence-corrected chi connectivity index (χ1v) is 8.03. The molecule has 6 heteroatoms. The quantitative estimate of drug-likeness (QED) is 0.750. The molecule has 0 fully saturated rings. The molecule has 0 radical (unpaired) electrons. The molecule has 2 heterocycles. The number of aromatic nitrogens is 2. The average Bonchev–Trinajstić information content (AvgIpc) is 2.98. The molecule has 1 N–H and O–H groups in total. The van der Waals surface area contributed by atoms with Gasteiger partial charge in [0, 0.05) is 25.4 Å². The molecule has 0 bridgehead atoms. The predicted octanol–water partition coefficient (Wildman–Crippen LogP) is 2.77. The van der Waals surface area contributed by atoms with Gasteiger partial charge in [0.15, 0.2) is 0 Å². The summed E-state index contributed by atoms with van der Waals surface area (Å²) in [5.41, 5.74) is 2.86. The van der Waals surface area contributed by atoms with Crippen molar-refractivity contribution in [1.29, 1.82) is 0 Å². The highest BCUT2D eigenvalue weighted by atomic mass is 16.5. The summed E-state index contributed by atoms with van der Waals surface area (Å²) < 4.78 is 12.7. The van der Waals surface area contributed by atoms with Gasteiger partial charge in [-0.05, 0) is 25.1 Å². The van der Waals surface area contributed by atoms with E-state index in [1.807, 2.05) is 55.6 Å². The number of benzene rings is 1. The highest BCUT2D eigenvalue weighted by molar-refractivity contribution is 5.94. The van der Waals surface area contributed by atoms with E-state index in [-0.39, 0.29) is 12.0 Å². The topological polar surface area (TPSA) is 64.9 Å². The molecule has 2 aromatic heterocycles. The lowest BCUT2D eigenvalue weighted by molar-refractivity contribution is 0.0814. The van der Waals surface area contributed by atoms with Crippen molar-refractivity contribution in [3.05, 3.63) is 65.6 Å². The summed E-state index contributed by atoms with van der Waals surface area (Å²) >= 11 is 0. The fourth-order valence-electron chi connectivity index (χ4n) is 2.91. The normalized spacial score (nSPS) is 12.1. The molecule has 130 valence electrons. The summed E-state index contributed by atoms with van der Waals surface area (Å²) in [6.07, 6.45) is 1.53. The lowest BCUT2D eigenvalue weighted by Gasteiger charge is -2.19. The fraction of sp³-hybridized carbons (Fsp3) is 0.263. The molecular weight excluding hydrogens is 318 g/mol. The Morgan fingerprint density at radius 2 is 1.96 bits per heavy atom. The number of carbonyl (C=O) groups excluding carboxylic acids is 1. The van der Waals surface area contributed by atoms with E-state index in [0.29, 0.717) is 17.9 Å². The highest BCUT2D eigenvalue weighted by Gasteiger charge is 2.20. The second-order valence-electron chi connectivity index (χ2n) is 5.65. The van der Waals surface area contributed by atoms with Crippen LogP contribution in [0.1, 0.15) is 27.8 Å². The predicted molar refractivity (Wildman–Crippen MR) is 95.0 cm³/mol. The SMILES string of the molecule is COc1ccccc1C(CNC(=O)c1c(C)nc2ccccn12)OC. The number of para-hydroxylation sites is 1. The van der Waals surface area contributed by atoms with Gasteiger partial charge in [0.1, 0.15) is 23.2 Å². The van der Waals surface area contributed by atoms with Crippen molar-refractivity contribution in [2.45, 2.75) is 13.0 Å². The Morgan fingerprint density at radius 1 is 1.20 bits per heavy atom. The molecule has 1 amide bonds. The van der Waals surface area contributed by atoms with Gasteiger partial charge in [0.25, 0.3) is 5.91 Å². The average molecular weight is 339 g/mol. The van der Waals surface area contributed by atoms with Gasteiger partial charge in [-0.1, -0.05) is 24.3 Å². The minimum Gasteiger partial charge on any atom is -0.496 e. The third-order valence-corrected chi connectivity index (χ3v) is 4.14. The number of fused-ring (bicyclic) bond motifs is 1. The number of carbonyl (C=O) groups is 1. The smallest absolute Gasteiger partial charge is 0.270 e. The monoisotopic (exact) mass is 339 g/mol. The molecule has 25 heavy (non-hydrogen) atoms. The number of ether oxygens (including phenoxy) is 2. The first kappa shape index (κ1) is 17.0. The highest BCUT2D eigenvalue weighted by Crippen LogP contribution is 2.26. The van der Waals surface area contributed by atoms with Crippen LogP contribution in [0.3, 0.4) is 0 Å². The Bertz CT molecular complexity index is 889. The van der Waals surface area contributed by atoms with Crippen molar-refractivity contribution in [2.24, 2.45) is 0 Å². The van der Waals surface area contributed by atoms with Gasteiger partial charge in [-0.3, -0.25) is 9.20 Å². The van der Waals surface area contributed by atoms with Crippen LogP contribution in [0.2, 0.25) is 0 Å². The molecule has 6 nitrogen and oxygen atoms in total. The van der Waals surface area contributed by atoms with E-state index in [9.17, 15) is 4.79 Å². The first-order valence-electron chi connectivity index (χ1n) is 8.03. The molecule has 0 spiro atoms. The summed E-state index contributed by atoms with van der Waals surface area (Å²) in [7, 11) is 3.23. The molecule has 0 aliphatic carbocycles. The van der Waals surface area contributed by atoms with Crippen LogP contribution in [0.25, 0.3) is 5.65 Å². The van der Waals surface area contributed by atoms with Crippen molar-refractivity contribution in [2.75, 3.05) is 20.8 Å². The summed E-state index contributed by atoms with van der Waals surface area (Å²) in [4.78, 5) is 17.1. The molecule has 3 aromatic rings. The van der Waals surface area contributed by atoms with Crippen LogP contribution in [0.15, 0.2) is 48.7 Å². The number of methoxy groups -OCH3 is 2. The second kappa shape index (κ2) is 7.36. The van der Waals surface area contributed by atoms with Crippen molar-refractivity contribution in [3.63, 3.8) is 0 Å². The summed E-state index contributed by atoms with van der Waals surface area (Å²) in [6.45, 7) is 2.16. The minimum atomic E-state index is -0.306. The zero-order valence-electron chi connectivity index (χ0n) is 14.5. The zero-order chi connectivity index (χ0) is 17.8. The standard InChI is InChI=1S/C19H21N3O3/c1-13-18(22-11-7-6-10-17(22)21-13)19(23)20-12-16(25-3)14-8-4-5-9-15(14)24-2/h4-11,16H,12H2,1-3H3,(H,20,23). The van der Waals surface area contributed by atoms with Crippen LogP contribution in [-0.4, -0.2) is 36.1 Å². The number of rotatable bonds is 6. The van der Waals surface area contributed by atoms with Gasteiger partial charge in [-0.15, -0.1) is 0 Å². The van der Waals surface area contributed by atoms with Crippen LogP contribution in [-0.2, 0) is 4.74 Å². The Balaban J connectivity index is 1.79. The number of nitrogens with zero attached hydrogens (tertiary/aromatic N) is 2. The maximum Gasteiger partial charge on any atom is 0.270 e. The first-order chi connectivity index (χ1) is 12.2. The Hall–Kier alpha value is -2.86. The lowest BCUT2D eigenvalue weighted by Crippen LogP contribution is -2.30. The van der Waals surface area contributed by atoms with Crippen LogP contribution >= 0.6 is 0 Å². The van der Waals surface area contributed by atoms with E-state index in [1.54, 1.807) is 18.6 Å². The minimum absolute atomic E-state index is 0.187. The summed E-state index contributed by atoms with van der Waals surface area (Å²) in [6, 6.07) is 13.3. The largest absolute Gasteiger partial charge is 0.496 e. The fourth-order valence-corrected chi connectivity index (χ4v) is 2.91. The molecule has 1 unspecified atom stereocenters. The summed E-state index contributed by atoms with van der Waals surface area (Å²) in [5, 5.41) is 2.94. The van der Waals surface area contributed by atoms with E-state index in [4.69, 9.17) is 9.47 Å². The van der Waals surface area contributed by atoms with Gasteiger partial charge >= 0.3 is 0 Å². The summed E-state index contributed by atoms with van der Waals surface area (Å²) in [5.74, 6) is 0.544. The number of imidazole rings is 1. The lowest BCUT2D eigenvalue weighted by atomic mass is 10.1. The van der Waals surface area contributed by atoms with Gasteiger partial charge in [0.05, 0.1) is 12.8 Å². The molecule has 0 saturated carbocycles. The Morgan fingerprint density at radius 3 is 2.72 bits per heavy atom. The van der Waals surface area contributed by atoms with E-state index >= 15 is 0 Å². The molecule has 0 saturated heterocycles. The molecule has 0 aliphatic rings. The second-order valence-corrected chi connectivity index (χ2v) is 5.65. The van der Waals surface area contributed by atoms with Crippen molar-refractivity contribution < 1.29 is 14.3 Å². The Labute approximate surface area is 146 Å². The number of nitrogens with one attached hydrogen (secondary N) is 1. The van der Waals surface area contributed by atoms with Crippen LogP contribution in [0.4, 0.5) is 0 Å². The van der Waals surface area contributed by atoms with Crippen molar-refractivity contribution in [1.82, 2.24) is 14.7 Å². The molecule has 1 aromatic carbocycles. The van der Waals surface area contributed by atoms with E-state index in [2.05, 4.69) is 10.3 Å². The van der Waals surface area contributed by atoms with Gasteiger partial charge in [0.2, 0.25) is 0 Å². The van der Waals surface area contributed by atoms with Crippen LogP contribution in [0.5, 0.6) is 5.75 Å². The zero-order valence-corrected chi connectivity index (χ0v) is 14.5. The van der Waals surface area contributed by atoms with Gasteiger partial charge in [-0.25, -0.2) is 4.98 Å².